The fourth-order valence-electron chi connectivity index (χ4n) is 4.88. The van der Waals surface area contributed by atoms with Crippen molar-refractivity contribution in [2.24, 2.45) is 0 Å². The van der Waals surface area contributed by atoms with E-state index in [1.807, 2.05) is 72.8 Å². The third-order valence-electron chi connectivity index (χ3n) is 7.04. The molecule has 0 heterocycles. The molecule has 0 fully saturated rings. The zero-order valence-corrected chi connectivity index (χ0v) is 23.3. The predicted octanol–water partition coefficient (Wildman–Crippen LogP) is 8.96. The SMILES string of the molecule is O=S(=O)(CCCC(C=Cc1ccccc1)c1ccccc1)CCCC(C=Cc1ccccc1)c1ccccc1. The standard InChI is InChI=1S/C36H38O2S/c37-39(38,29-13-23-35(33-19-9-3-10-20-33)27-25-31-15-5-1-6-16-31)30-14-24-36(34-21-11-4-12-22-34)28-26-32-17-7-2-8-18-32/h1-12,15-22,25-28,35-36H,13-14,23-24,29-30H2. The topological polar surface area (TPSA) is 34.1 Å². The lowest BCUT2D eigenvalue weighted by Gasteiger charge is -2.15. The molecule has 0 amide bonds. The van der Waals surface area contributed by atoms with E-state index in [9.17, 15) is 8.42 Å². The van der Waals surface area contributed by atoms with Crippen LogP contribution in [0.2, 0.25) is 0 Å². The molecule has 0 aliphatic rings. The van der Waals surface area contributed by atoms with Crippen molar-refractivity contribution in [2.45, 2.75) is 37.5 Å². The molecule has 0 saturated carbocycles. The molecule has 4 rings (SSSR count). The summed E-state index contributed by atoms with van der Waals surface area (Å²) in [4.78, 5) is 0. The van der Waals surface area contributed by atoms with Gasteiger partial charge in [-0.2, -0.15) is 0 Å². The molecular formula is C36H38O2S. The van der Waals surface area contributed by atoms with Crippen LogP contribution in [0.4, 0.5) is 0 Å². The van der Waals surface area contributed by atoms with Crippen molar-refractivity contribution in [3.05, 3.63) is 156 Å². The van der Waals surface area contributed by atoms with Gasteiger partial charge < -0.3 is 0 Å². The molecule has 0 N–H and O–H groups in total. The Bertz CT molecular complexity index is 1290. The first-order chi connectivity index (χ1) is 19.1. The molecule has 39 heavy (non-hydrogen) atoms. The van der Waals surface area contributed by atoms with Crippen LogP contribution in [-0.4, -0.2) is 19.9 Å². The highest BCUT2D eigenvalue weighted by molar-refractivity contribution is 7.91. The normalized spacial score (nSPS) is 13.5. The smallest absolute Gasteiger partial charge is 0.150 e. The Hall–Kier alpha value is -3.69. The summed E-state index contributed by atoms with van der Waals surface area (Å²) in [6, 6.07) is 41.2. The number of benzene rings is 4. The molecule has 0 radical (unpaired) electrons. The van der Waals surface area contributed by atoms with Gasteiger partial charge in [0.2, 0.25) is 0 Å². The zero-order valence-electron chi connectivity index (χ0n) is 22.5. The van der Waals surface area contributed by atoms with Crippen molar-refractivity contribution in [3.63, 3.8) is 0 Å². The van der Waals surface area contributed by atoms with E-state index in [2.05, 4.69) is 72.8 Å². The number of hydrogen-bond acceptors (Lipinski definition) is 2. The minimum absolute atomic E-state index is 0.187. The number of hydrogen-bond donors (Lipinski definition) is 0. The molecule has 0 aliphatic heterocycles. The highest BCUT2D eigenvalue weighted by Crippen LogP contribution is 2.26. The van der Waals surface area contributed by atoms with E-state index < -0.39 is 9.84 Å². The van der Waals surface area contributed by atoms with Crippen LogP contribution in [0.3, 0.4) is 0 Å². The van der Waals surface area contributed by atoms with Gasteiger partial charge in [-0.3, -0.25) is 0 Å². The highest BCUT2D eigenvalue weighted by Gasteiger charge is 2.15. The van der Waals surface area contributed by atoms with E-state index in [1.165, 1.54) is 11.1 Å². The number of sulfone groups is 1. The third kappa shape index (κ3) is 9.85. The van der Waals surface area contributed by atoms with Crippen molar-refractivity contribution >= 4 is 22.0 Å². The molecular weight excluding hydrogens is 496 g/mol. The van der Waals surface area contributed by atoms with Gasteiger partial charge in [-0.25, -0.2) is 8.42 Å². The summed E-state index contributed by atoms with van der Waals surface area (Å²) < 4.78 is 26.0. The molecule has 0 spiro atoms. The Balaban J connectivity index is 1.32. The molecule has 0 bridgehead atoms. The summed E-state index contributed by atoms with van der Waals surface area (Å²) in [6.45, 7) is 0. The van der Waals surface area contributed by atoms with E-state index in [1.54, 1.807) is 0 Å². The van der Waals surface area contributed by atoms with Crippen LogP contribution < -0.4 is 0 Å². The maximum Gasteiger partial charge on any atom is 0.150 e. The highest BCUT2D eigenvalue weighted by atomic mass is 32.2. The van der Waals surface area contributed by atoms with Gasteiger partial charge in [0.15, 0.2) is 0 Å². The summed E-state index contributed by atoms with van der Waals surface area (Å²) in [5.74, 6) is 0.830. The molecule has 2 unspecified atom stereocenters. The summed E-state index contributed by atoms with van der Waals surface area (Å²) in [6.07, 6.45) is 11.6. The van der Waals surface area contributed by atoms with Crippen molar-refractivity contribution in [1.82, 2.24) is 0 Å². The first kappa shape index (κ1) is 28.3. The van der Waals surface area contributed by atoms with Gasteiger partial charge in [0.25, 0.3) is 0 Å². The van der Waals surface area contributed by atoms with Gasteiger partial charge >= 0.3 is 0 Å². The fraction of sp³-hybridized carbons (Fsp3) is 0.222. The average Bonchev–Trinajstić information content (AvgIpc) is 2.98. The van der Waals surface area contributed by atoms with Crippen LogP contribution in [0.1, 0.15) is 59.8 Å². The van der Waals surface area contributed by atoms with Crippen LogP contribution in [0, 0.1) is 0 Å². The Kier molecular flexibility index (Phi) is 10.9. The van der Waals surface area contributed by atoms with Gasteiger partial charge in [-0.15, -0.1) is 0 Å². The first-order valence-electron chi connectivity index (χ1n) is 13.9. The second-order valence-corrected chi connectivity index (χ2v) is 12.3. The van der Waals surface area contributed by atoms with Gasteiger partial charge in [0.1, 0.15) is 9.84 Å². The van der Waals surface area contributed by atoms with Crippen LogP contribution in [0.15, 0.2) is 133 Å². The van der Waals surface area contributed by atoms with Crippen LogP contribution >= 0.6 is 0 Å². The van der Waals surface area contributed by atoms with Gasteiger partial charge in [-0.1, -0.05) is 146 Å². The molecule has 4 aromatic rings. The molecule has 0 aliphatic carbocycles. The van der Waals surface area contributed by atoms with Crippen LogP contribution in [0.25, 0.3) is 12.2 Å². The summed E-state index contributed by atoms with van der Waals surface area (Å²) in [5, 5.41) is 0. The molecule has 2 nitrogen and oxygen atoms in total. The van der Waals surface area contributed by atoms with Gasteiger partial charge in [0.05, 0.1) is 11.5 Å². The monoisotopic (exact) mass is 534 g/mol. The van der Waals surface area contributed by atoms with Gasteiger partial charge in [0, 0.05) is 11.8 Å². The maximum absolute atomic E-state index is 13.0. The van der Waals surface area contributed by atoms with Crippen molar-refractivity contribution in [3.8, 4) is 0 Å². The molecule has 0 saturated heterocycles. The van der Waals surface area contributed by atoms with Gasteiger partial charge in [-0.05, 0) is 47.9 Å². The molecule has 2 atom stereocenters. The lowest BCUT2D eigenvalue weighted by atomic mass is 9.93. The Morgan fingerprint density at radius 3 is 1.18 bits per heavy atom. The molecule has 4 aromatic carbocycles. The number of rotatable bonds is 14. The summed E-state index contributed by atoms with van der Waals surface area (Å²) in [7, 11) is -3.12. The Morgan fingerprint density at radius 2 is 0.821 bits per heavy atom. The van der Waals surface area contributed by atoms with Crippen molar-refractivity contribution in [1.29, 1.82) is 0 Å². The minimum Gasteiger partial charge on any atom is -0.229 e. The Labute approximate surface area is 234 Å². The second kappa shape index (κ2) is 15.0. The van der Waals surface area contributed by atoms with Crippen molar-refractivity contribution in [2.75, 3.05) is 11.5 Å². The lowest BCUT2D eigenvalue weighted by molar-refractivity contribution is 0.583. The zero-order chi connectivity index (χ0) is 27.2. The molecule has 0 aromatic heterocycles. The first-order valence-corrected chi connectivity index (χ1v) is 15.7. The summed E-state index contributed by atoms with van der Waals surface area (Å²) >= 11 is 0. The lowest BCUT2D eigenvalue weighted by Crippen LogP contribution is -2.13. The van der Waals surface area contributed by atoms with Crippen LogP contribution in [-0.2, 0) is 9.84 Å². The third-order valence-corrected chi connectivity index (χ3v) is 8.86. The quantitative estimate of drug-likeness (QED) is 0.162. The van der Waals surface area contributed by atoms with E-state index in [0.717, 1.165) is 24.0 Å². The fourth-order valence-corrected chi connectivity index (χ4v) is 6.30. The van der Waals surface area contributed by atoms with Crippen LogP contribution in [0.5, 0.6) is 0 Å². The van der Waals surface area contributed by atoms with E-state index in [0.29, 0.717) is 12.8 Å². The Morgan fingerprint density at radius 1 is 0.487 bits per heavy atom. The van der Waals surface area contributed by atoms with E-state index in [4.69, 9.17) is 0 Å². The minimum atomic E-state index is -3.12. The van der Waals surface area contributed by atoms with Crippen molar-refractivity contribution < 1.29 is 8.42 Å². The molecule has 3 heteroatoms. The maximum atomic E-state index is 13.0. The van der Waals surface area contributed by atoms with E-state index in [-0.39, 0.29) is 23.3 Å². The second-order valence-electron chi connectivity index (χ2n) is 10.0. The van der Waals surface area contributed by atoms with E-state index >= 15 is 0 Å². The largest absolute Gasteiger partial charge is 0.229 e. The number of allylic oxidation sites excluding steroid dienone is 2. The molecule has 200 valence electrons. The summed E-state index contributed by atoms with van der Waals surface area (Å²) in [5.41, 5.74) is 4.75. The average molecular weight is 535 g/mol. The predicted molar refractivity (Wildman–Crippen MR) is 166 cm³/mol.